The first kappa shape index (κ1) is 13.8. The highest BCUT2D eigenvalue weighted by Crippen LogP contribution is 2.38. The van der Waals surface area contributed by atoms with E-state index in [0.717, 1.165) is 36.8 Å². The molecule has 0 aliphatic heterocycles. The molecular formula is C16H26N4. The number of anilines is 1. The van der Waals surface area contributed by atoms with Crippen LogP contribution in [-0.4, -0.2) is 22.8 Å². The van der Waals surface area contributed by atoms with E-state index in [9.17, 15) is 0 Å². The third-order valence-electron chi connectivity index (χ3n) is 4.55. The van der Waals surface area contributed by atoms with E-state index in [1.807, 2.05) is 0 Å². The van der Waals surface area contributed by atoms with Crippen molar-refractivity contribution < 1.29 is 0 Å². The maximum absolute atomic E-state index is 6.06. The SMILES string of the molecule is CCc1nnc(N(CC2CC2)C2CC2)c(CN)c1CC. The number of aromatic nitrogens is 2. The third kappa shape index (κ3) is 2.66. The van der Waals surface area contributed by atoms with Gasteiger partial charge in [-0.05, 0) is 50.0 Å². The Morgan fingerprint density at radius 1 is 1.05 bits per heavy atom. The zero-order chi connectivity index (χ0) is 14.1. The molecule has 1 aromatic heterocycles. The Hall–Kier alpha value is -1.16. The highest BCUT2D eigenvalue weighted by Gasteiger charge is 2.36. The van der Waals surface area contributed by atoms with Crippen LogP contribution in [0.4, 0.5) is 5.82 Å². The molecule has 4 heteroatoms. The topological polar surface area (TPSA) is 55.0 Å². The van der Waals surface area contributed by atoms with Crippen molar-refractivity contribution in [1.82, 2.24) is 10.2 Å². The molecule has 110 valence electrons. The van der Waals surface area contributed by atoms with E-state index < -0.39 is 0 Å². The lowest BCUT2D eigenvalue weighted by molar-refractivity contribution is 0.688. The van der Waals surface area contributed by atoms with Crippen molar-refractivity contribution in [2.45, 2.75) is 65.0 Å². The number of hydrogen-bond acceptors (Lipinski definition) is 4. The van der Waals surface area contributed by atoms with Crippen LogP contribution in [0.2, 0.25) is 0 Å². The summed E-state index contributed by atoms with van der Waals surface area (Å²) >= 11 is 0. The van der Waals surface area contributed by atoms with Crippen molar-refractivity contribution in [2.24, 2.45) is 11.7 Å². The molecule has 2 aliphatic rings. The monoisotopic (exact) mass is 274 g/mol. The van der Waals surface area contributed by atoms with Gasteiger partial charge in [0.1, 0.15) is 0 Å². The fourth-order valence-electron chi connectivity index (χ4n) is 3.06. The highest BCUT2D eigenvalue weighted by atomic mass is 15.3. The van der Waals surface area contributed by atoms with Gasteiger partial charge >= 0.3 is 0 Å². The molecule has 2 aliphatic carbocycles. The lowest BCUT2D eigenvalue weighted by atomic mass is 10.0. The first-order valence-corrected chi connectivity index (χ1v) is 8.12. The molecule has 3 rings (SSSR count). The van der Waals surface area contributed by atoms with E-state index in [1.54, 1.807) is 0 Å². The lowest BCUT2D eigenvalue weighted by Crippen LogP contribution is -2.31. The van der Waals surface area contributed by atoms with E-state index in [-0.39, 0.29) is 0 Å². The van der Waals surface area contributed by atoms with E-state index in [1.165, 1.54) is 36.8 Å². The van der Waals surface area contributed by atoms with Crippen molar-refractivity contribution in [3.05, 3.63) is 16.8 Å². The summed E-state index contributed by atoms with van der Waals surface area (Å²) in [6, 6.07) is 0.687. The van der Waals surface area contributed by atoms with Crippen molar-refractivity contribution in [3.63, 3.8) is 0 Å². The summed E-state index contributed by atoms with van der Waals surface area (Å²) in [4.78, 5) is 2.51. The highest BCUT2D eigenvalue weighted by molar-refractivity contribution is 5.53. The molecule has 20 heavy (non-hydrogen) atoms. The number of nitrogens with zero attached hydrogens (tertiary/aromatic N) is 3. The van der Waals surface area contributed by atoms with E-state index in [2.05, 4.69) is 28.9 Å². The van der Waals surface area contributed by atoms with Crippen molar-refractivity contribution >= 4 is 5.82 Å². The minimum Gasteiger partial charge on any atom is -0.352 e. The Kier molecular flexibility index (Phi) is 3.92. The van der Waals surface area contributed by atoms with Gasteiger partial charge in [0.15, 0.2) is 5.82 Å². The van der Waals surface area contributed by atoms with Crippen LogP contribution in [-0.2, 0) is 19.4 Å². The number of nitrogens with two attached hydrogens (primary N) is 1. The minimum atomic E-state index is 0.578. The van der Waals surface area contributed by atoms with E-state index in [4.69, 9.17) is 5.73 Å². The van der Waals surface area contributed by atoms with Gasteiger partial charge in [-0.1, -0.05) is 13.8 Å². The predicted octanol–water partition coefficient (Wildman–Crippen LogP) is 2.44. The van der Waals surface area contributed by atoms with Crippen LogP contribution in [0, 0.1) is 5.92 Å². The Labute approximate surface area is 121 Å². The van der Waals surface area contributed by atoms with Gasteiger partial charge < -0.3 is 10.6 Å². The van der Waals surface area contributed by atoms with Gasteiger partial charge in [0, 0.05) is 24.7 Å². The normalized spacial score (nSPS) is 18.4. The molecule has 2 N–H and O–H groups in total. The Balaban J connectivity index is 1.97. The molecule has 0 atom stereocenters. The van der Waals surface area contributed by atoms with Gasteiger partial charge in [0.2, 0.25) is 0 Å². The van der Waals surface area contributed by atoms with E-state index in [0.29, 0.717) is 12.6 Å². The summed E-state index contributed by atoms with van der Waals surface area (Å²) in [6.45, 7) is 6.07. The maximum atomic E-state index is 6.06. The van der Waals surface area contributed by atoms with Gasteiger partial charge in [0.05, 0.1) is 5.69 Å². The average molecular weight is 274 g/mol. The zero-order valence-corrected chi connectivity index (χ0v) is 12.7. The van der Waals surface area contributed by atoms with Crippen molar-refractivity contribution in [3.8, 4) is 0 Å². The Bertz CT molecular complexity index is 478. The summed E-state index contributed by atoms with van der Waals surface area (Å²) in [7, 11) is 0. The molecule has 0 saturated heterocycles. The van der Waals surface area contributed by atoms with Crippen molar-refractivity contribution in [2.75, 3.05) is 11.4 Å². The molecular weight excluding hydrogens is 248 g/mol. The fraction of sp³-hybridized carbons (Fsp3) is 0.750. The molecule has 1 heterocycles. The standard InChI is InChI=1S/C16H26N4/c1-3-13-14(9-17)16(19-18-15(13)4-2)20(12-7-8-12)10-11-5-6-11/h11-12H,3-10,17H2,1-2H3. The van der Waals surface area contributed by atoms with Gasteiger partial charge in [-0.15, -0.1) is 5.10 Å². The molecule has 0 bridgehead atoms. The van der Waals surface area contributed by atoms with Gasteiger partial charge in [0.25, 0.3) is 0 Å². The number of rotatable bonds is 7. The Morgan fingerprint density at radius 3 is 2.30 bits per heavy atom. The van der Waals surface area contributed by atoms with Gasteiger partial charge in [-0.25, -0.2) is 0 Å². The molecule has 1 aromatic rings. The lowest BCUT2D eigenvalue weighted by Gasteiger charge is -2.27. The smallest absolute Gasteiger partial charge is 0.156 e. The second kappa shape index (κ2) is 5.68. The molecule has 0 spiro atoms. The molecule has 0 amide bonds. The Morgan fingerprint density at radius 2 is 1.80 bits per heavy atom. The van der Waals surface area contributed by atoms with Crippen LogP contribution in [0.25, 0.3) is 0 Å². The second-order valence-corrected chi connectivity index (χ2v) is 6.17. The molecule has 2 saturated carbocycles. The third-order valence-corrected chi connectivity index (χ3v) is 4.55. The van der Waals surface area contributed by atoms with Gasteiger partial charge in [-0.3, -0.25) is 0 Å². The summed E-state index contributed by atoms with van der Waals surface area (Å²) in [5.74, 6) is 1.95. The van der Waals surface area contributed by atoms with Crippen molar-refractivity contribution in [1.29, 1.82) is 0 Å². The summed E-state index contributed by atoms with van der Waals surface area (Å²) in [5.41, 5.74) is 9.76. The van der Waals surface area contributed by atoms with Gasteiger partial charge in [-0.2, -0.15) is 5.10 Å². The van der Waals surface area contributed by atoms with Crippen LogP contribution in [0.3, 0.4) is 0 Å². The first-order valence-electron chi connectivity index (χ1n) is 8.12. The maximum Gasteiger partial charge on any atom is 0.156 e. The quantitative estimate of drug-likeness (QED) is 0.829. The molecule has 0 aromatic carbocycles. The fourth-order valence-corrected chi connectivity index (χ4v) is 3.06. The summed E-state index contributed by atoms with van der Waals surface area (Å²) in [6.07, 6.45) is 7.30. The number of hydrogen-bond donors (Lipinski definition) is 1. The number of aryl methyl sites for hydroxylation is 1. The molecule has 4 nitrogen and oxygen atoms in total. The first-order chi connectivity index (χ1) is 9.78. The molecule has 0 unspecified atom stereocenters. The molecule has 0 radical (unpaired) electrons. The summed E-state index contributed by atoms with van der Waals surface area (Å²) in [5, 5.41) is 9.06. The minimum absolute atomic E-state index is 0.578. The van der Waals surface area contributed by atoms with Crippen LogP contribution < -0.4 is 10.6 Å². The van der Waals surface area contributed by atoms with Crippen LogP contribution in [0.15, 0.2) is 0 Å². The average Bonchev–Trinajstić information content (AvgIpc) is 3.36. The zero-order valence-electron chi connectivity index (χ0n) is 12.7. The largest absolute Gasteiger partial charge is 0.352 e. The van der Waals surface area contributed by atoms with E-state index >= 15 is 0 Å². The molecule has 2 fully saturated rings. The summed E-state index contributed by atoms with van der Waals surface area (Å²) < 4.78 is 0. The van der Waals surface area contributed by atoms with Crippen LogP contribution in [0.5, 0.6) is 0 Å². The van der Waals surface area contributed by atoms with Crippen LogP contribution >= 0.6 is 0 Å². The second-order valence-electron chi connectivity index (χ2n) is 6.17. The predicted molar refractivity (Wildman–Crippen MR) is 81.8 cm³/mol. The van der Waals surface area contributed by atoms with Crippen LogP contribution in [0.1, 0.15) is 56.4 Å².